The van der Waals surface area contributed by atoms with Crippen molar-refractivity contribution < 1.29 is 19.7 Å². The Kier molecular flexibility index (Phi) is 8.92. The minimum Gasteiger partial charge on any atom is -0.481 e. The van der Waals surface area contributed by atoms with Crippen molar-refractivity contribution in [1.82, 2.24) is 0 Å². The van der Waals surface area contributed by atoms with Gasteiger partial charge >= 0.3 is 5.97 Å². The standard InChI is InChI=1S/C15H19NO4.CH3NO2/c1-10(2)8-13-5-4-12(11(3)15(17)18)9-14(13)6-7-16(19)20;1-2(3)4/h4-7,9-11H,8H2,1-3H3,(H,17,18);1H3/b7-6+;. The maximum absolute atomic E-state index is 11.0. The molecule has 1 aromatic rings. The highest BCUT2D eigenvalue weighted by atomic mass is 16.6. The van der Waals surface area contributed by atoms with Gasteiger partial charge in [0.1, 0.15) is 0 Å². The van der Waals surface area contributed by atoms with E-state index in [1.54, 1.807) is 19.1 Å². The molecule has 24 heavy (non-hydrogen) atoms. The summed E-state index contributed by atoms with van der Waals surface area (Å²) in [7, 11) is 0.889. The maximum atomic E-state index is 11.0. The molecule has 132 valence electrons. The van der Waals surface area contributed by atoms with Gasteiger partial charge in [-0.25, -0.2) is 0 Å². The van der Waals surface area contributed by atoms with Crippen molar-refractivity contribution >= 4 is 12.0 Å². The third-order valence-electron chi connectivity index (χ3n) is 3.04. The highest BCUT2D eigenvalue weighted by molar-refractivity contribution is 5.76. The summed E-state index contributed by atoms with van der Waals surface area (Å²) in [6.45, 7) is 5.73. The molecule has 1 atom stereocenters. The number of benzene rings is 1. The van der Waals surface area contributed by atoms with Crippen LogP contribution in [-0.4, -0.2) is 28.0 Å². The van der Waals surface area contributed by atoms with Gasteiger partial charge in [-0.3, -0.25) is 25.0 Å². The molecular weight excluding hydrogens is 316 g/mol. The topological polar surface area (TPSA) is 124 Å². The molecule has 0 aliphatic heterocycles. The van der Waals surface area contributed by atoms with E-state index >= 15 is 0 Å². The zero-order valence-electron chi connectivity index (χ0n) is 14.1. The third-order valence-corrected chi connectivity index (χ3v) is 3.04. The number of hydrogen-bond donors (Lipinski definition) is 1. The van der Waals surface area contributed by atoms with Crippen LogP contribution in [0.1, 0.15) is 43.4 Å². The van der Waals surface area contributed by atoms with Crippen LogP contribution < -0.4 is 0 Å². The van der Waals surface area contributed by atoms with Crippen molar-refractivity contribution in [1.29, 1.82) is 0 Å². The van der Waals surface area contributed by atoms with E-state index in [0.29, 0.717) is 17.0 Å². The van der Waals surface area contributed by atoms with Gasteiger partial charge in [0.05, 0.1) is 10.8 Å². The summed E-state index contributed by atoms with van der Waals surface area (Å²) < 4.78 is 0. The molecule has 0 spiro atoms. The molecule has 8 nitrogen and oxygen atoms in total. The predicted octanol–water partition coefficient (Wildman–Crippen LogP) is 3.21. The number of hydrogen-bond acceptors (Lipinski definition) is 5. The smallest absolute Gasteiger partial charge is 0.310 e. The molecule has 0 saturated carbocycles. The summed E-state index contributed by atoms with van der Waals surface area (Å²) in [4.78, 5) is 29.3. The van der Waals surface area contributed by atoms with Crippen LogP contribution in [0, 0.1) is 26.1 Å². The Hall–Kier alpha value is -2.77. The Morgan fingerprint density at radius 2 is 1.79 bits per heavy atom. The molecule has 0 saturated heterocycles. The summed E-state index contributed by atoms with van der Waals surface area (Å²) in [6.07, 6.45) is 3.10. The molecule has 1 unspecified atom stereocenters. The number of rotatable bonds is 6. The summed E-state index contributed by atoms with van der Waals surface area (Å²) in [6, 6.07) is 5.35. The van der Waals surface area contributed by atoms with E-state index in [1.807, 2.05) is 6.07 Å². The van der Waals surface area contributed by atoms with Crippen LogP contribution in [0.3, 0.4) is 0 Å². The van der Waals surface area contributed by atoms with E-state index in [1.165, 1.54) is 6.08 Å². The number of aliphatic carboxylic acids is 1. The Bertz CT molecular complexity index is 621. The van der Waals surface area contributed by atoms with E-state index in [9.17, 15) is 14.9 Å². The molecule has 0 fully saturated rings. The van der Waals surface area contributed by atoms with Crippen LogP contribution in [0.4, 0.5) is 0 Å². The lowest BCUT2D eigenvalue weighted by Crippen LogP contribution is -2.08. The highest BCUT2D eigenvalue weighted by Gasteiger charge is 2.15. The van der Waals surface area contributed by atoms with E-state index in [-0.39, 0.29) is 0 Å². The number of carboxylic acids is 1. The molecule has 0 aliphatic rings. The normalized spacial score (nSPS) is 11.7. The van der Waals surface area contributed by atoms with Gasteiger partial charge in [0.25, 0.3) is 0 Å². The van der Waals surface area contributed by atoms with Gasteiger partial charge in [-0.1, -0.05) is 32.0 Å². The predicted molar refractivity (Wildman–Crippen MR) is 90.0 cm³/mol. The minimum absolute atomic E-state index is 0.417. The van der Waals surface area contributed by atoms with Gasteiger partial charge in [0.2, 0.25) is 6.20 Å². The number of carbonyl (C=O) groups is 1. The molecular formula is C16H22N2O6. The van der Waals surface area contributed by atoms with Crippen LogP contribution in [0.5, 0.6) is 0 Å². The summed E-state index contributed by atoms with van der Waals surface area (Å²) >= 11 is 0. The quantitative estimate of drug-likeness (QED) is 0.627. The first-order valence-electron chi connectivity index (χ1n) is 7.29. The summed E-state index contributed by atoms with van der Waals surface area (Å²) in [5.74, 6) is -1.13. The molecule has 0 radical (unpaired) electrons. The first kappa shape index (κ1) is 21.2. The van der Waals surface area contributed by atoms with E-state index < -0.39 is 21.7 Å². The molecule has 0 heterocycles. The average Bonchev–Trinajstić information content (AvgIpc) is 2.44. The van der Waals surface area contributed by atoms with Gasteiger partial charge in [0, 0.05) is 11.0 Å². The number of nitrogens with zero attached hydrogens (tertiary/aromatic N) is 2. The van der Waals surface area contributed by atoms with Crippen molar-refractivity contribution in [2.45, 2.75) is 33.1 Å². The van der Waals surface area contributed by atoms with Gasteiger partial charge in [0.15, 0.2) is 7.05 Å². The first-order chi connectivity index (χ1) is 11.0. The van der Waals surface area contributed by atoms with Crippen LogP contribution in [0.2, 0.25) is 0 Å². The Balaban J connectivity index is 0.00000118. The van der Waals surface area contributed by atoms with Gasteiger partial charge in [-0.05, 0) is 36.0 Å². The van der Waals surface area contributed by atoms with Gasteiger partial charge < -0.3 is 5.11 Å². The van der Waals surface area contributed by atoms with Crippen LogP contribution in [0.25, 0.3) is 6.08 Å². The van der Waals surface area contributed by atoms with Crippen molar-refractivity contribution in [2.24, 2.45) is 5.92 Å². The van der Waals surface area contributed by atoms with Crippen molar-refractivity contribution in [3.8, 4) is 0 Å². The highest BCUT2D eigenvalue weighted by Crippen LogP contribution is 2.23. The molecule has 1 N–H and O–H groups in total. The van der Waals surface area contributed by atoms with Crippen LogP contribution >= 0.6 is 0 Å². The monoisotopic (exact) mass is 338 g/mol. The molecule has 0 aromatic heterocycles. The number of carboxylic acid groups (broad SMARTS) is 1. The lowest BCUT2D eigenvalue weighted by Gasteiger charge is -2.13. The van der Waals surface area contributed by atoms with E-state index in [4.69, 9.17) is 15.2 Å². The molecule has 0 aliphatic carbocycles. The second-order valence-electron chi connectivity index (χ2n) is 5.66. The molecule has 1 aromatic carbocycles. The molecule has 0 amide bonds. The Morgan fingerprint density at radius 1 is 1.25 bits per heavy atom. The molecule has 0 bridgehead atoms. The van der Waals surface area contributed by atoms with Gasteiger partial charge in [-0.15, -0.1) is 0 Å². The fraction of sp³-hybridized carbons (Fsp3) is 0.438. The SMILES string of the molecule is CC(C)Cc1ccc(C(C)C(=O)O)cc1/C=C/[N+](=O)[O-].C[N+](=O)[O-]. The average molecular weight is 338 g/mol. The van der Waals surface area contributed by atoms with E-state index in [0.717, 1.165) is 25.2 Å². The van der Waals surface area contributed by atoms with Crippen molar-refractivity contribution in [2.75, 3.05) is 7.05 Å². The summed E-state index contributed by atoms with van der Waals surface area (Å²) in [5.41, 5.74) is 2.34. The van der Waals surface area contributed by atoms with Crippen molar-refractivity contribution in [3.63, 3.8) is 0 Å². The largest absolute Gasteiger partial charge is 0.481 e. The molecule has 1 rings (SSSR count). The Morgan fingerprint density at radius 3 is 2.21 bits per heavy atom. The van der Waals surface area contributed by atoms with E-state index in [2.05, 4.69) is 13.8 Å². The second-order valence-corrected chi connectivity index (χ2v) is 5.66. The minimum atomic E-state index is -0.911. The zero-order chi connectivity index (χ0) is 18.9. The van der Waals surface area contributed by atoms with Crippen molar-refractivity contribution in [3.05, 3.63) is 61.3 Å². The lowest BCUT2D eigenvalue weighted by molar-refractivity contribution is -0.445. The fourth-order valence-electron chi connectivity index (χ4n) is 1.95. The summed E-state index contributed by atoms with van der Waals surface area (Å²) in [5, 5.41) is 28.3. The van der Waals surface area contributed by atoms with Gasteiger partial charge in [-0.2, -0.15) is 0 Å². The Labute approximate surface area is 140 Å². The first-order valence-corrected chi connectivity index (χ1v) is 7.29. The lowest BCUT2D eigenvalue weighted by atomic mass is 9.92. The maximum Gasteiger partial charge on any atom is 0.310 e. The number of nitro groups is 2. The van der Waals surface area contributed by atoms with Crippen LogP contribution in [-0.2, 0) is 11.2 Å². The molecule has 8 heteroatoms. The third kappa shape index (κ3) is 8.62. The van der Waals surface area contributed by atoms with Crippen LogP contribution in [0.15, 0.2) is 24.4 Å². The fourth-order valence-corrected chi connectivity index (χ4v) is 1.95. The second kappa shape index (κ2) is 10.1. The zero-order valence-corrected chi connectivity index (χ0v) is 14.1.